The Bertz CT molecular complexity index is 915. The first kappa shape index (κ1) is 20.1. The van der Waals surface area contributed by atoms with Crippen LogP contribution in [0.15, 0.2) is 65.1 Å². The Hall–Kier alpha value is -2.60. The van der Waals surface area contributed by atoms with Gasteiger partial charge in [0, 0.05) is 12.2 Å². The highest BCUT2D eigenvalue weighted by atomic mass is 79.9. The molecule has 0 atom stereocenters. The van der Waals surface area contributed by atoms with Crippen molar-refractivity contribution in [3.05, 3.63) is 87.9 Å². The molecule has 0 aliphatic heterocycles. The predicted octanol–water partition coefficient (Wildman–Crippen LogP) is 6.32. The first-order chi connectivity index (χ1) is 13.5. The minimum Gasteiger partial charge on any atom is -0.490 e. The van der Waals surface area contributed by atoms with Gasteiger partial charge >= 0.3 is 0 Å². The van der Waals surface area contributed by atoms with E-state index in [-0.39, 0.29) is 11.6 Å². The summed E-state index contributed by atoms with van der Waals surface area (Å²) in [5.41, 5.74) is 2.67. The van der Waals surface area contributed by atoms with Crippen LogP contribution >= 0.6 is 15.9 Å². The van der Waals surface area contributed by atoms with E-state index in [9.17, 15) is 8.78 Å². The number of benzene rings is 3. The van der Waals surface area contributed by atoms with Gasteiger partial charge in [0.15, 0.2) is 11.5 Å². The largest absolute Gasteiger partial charge is 0.490 e. The molecule has 3 aromatic rings. The van der Waals surface area contributed by atoms with Crippen molar-refractivity contribution in [2.24, 2.45) is 0 Å². The van der Waals surface area contributed by atoms with Gasteiger partial charge in [-0.05, 0) is 82.5 Å². The molecular weight excluding hydrogens is 428 g/mol. The van der Waals surface area contributed by atoms with Crippen LogP contribution in [0.5, 0.6) is 11.5 Å². The maximum absolute atomic E-state index is 13.0. The zero-order valence-corrected chi connectivity index (χ0v) is 16.9. The lowest BCUT2D eigenvalue weighted by Gasteiger charge is -2.16. The lowest BCUT2D eigenvalue weighted by Crippen LogP contribution is -2.04. The Morgan fingerprint density at radius 1 is 0.857 bits per heavy atom. The van der Waals surface area contributed by atoms with Gasteiger partial charge in [-0.25, -0.2) is 8.78 Å². The second kappa shape index (κ2) is 9.55. The summed E-state index contributed by atoms with van der Waals surface area (Å²) in [4.78, 5) is 0. The molecule has 0 saturated heterocycles. The fourth-order valence-corrected chi connectivity index (χ4v) is 3.24. The van der Waals surface area contributed by atoms with Gasteiger partial charge in [-0.15, -0.1) is 0 Å². The molecule has 0 spiro atoms. The molecule has 0 radical (unpaired) electrons. The molecule has 28 heavy (non-hydrogen) atoms. The lowest BCUT2D eigenvalue weighted by molar-refractivity contribution is 0.267. The molecule has 0 aliphatic rings. The van der Waals surface area contributed by atoms with Gasteiger partial charge in [-0.2, -0.15) is 0 Å². The summed E-state index contributed by atoms with van der Waals surface area (Å²) in [5, 5.41) is 3.25. The Morgan fingerprint density at radius 2 is 1.50 bits per heavy atom. The second-order valence-electron chi connectivity index (χ2n) is 6.11. The second-order valence-corrected chi connectivity index (χ2v) is 6.97. The molecule has 3 rings (SSSR count). The van der Waals surface area contributed by atoms with Crippen LogP contribution in [0.25, 0.3) is 0 Å². The van der Waals surface area contributed by atoms with Crippen LogP contribution in [-0.4, -0.2) is 6.61 Å². The molecular formula is C22H20BrF2NO2. The Morgan fingerprint density at radius 3 is 2.14 bits per heavy atom. The highest BCUT2D eigenvalue weighted by Gasteiger charge is 2.13. The number of nitrogens with one attached hydrogen (secondary N) is 1. The summed E-state index contributed by atoms with van der Waals surface area (Å²) in [7, 11) is 0. The molecule has 146 valence electrons. The Labute approximate surface area is 171 Å². The molecule has 0 amide bonds. The highest BCUT2D eigenvalue weighted by molar-refractivity contribution is 9.10. The monoisotopic (exact) mass is 447 g/mol. The van der Waals surface area contributed by atoms with Gasteiger partial charge in [0.05, 0.1) is 11.1 Å². The standard InChI is InChI=1S/C22H20BrF2NO2/c1-2-27-21-12-16(13-26-19-9-7-18(25)8-10-19)11-20(23)22(21)28-14-15-3-5-17(24)6-4-15/h3-12,26H,2,13-14H2,1H3. The molecule has 0 heterocycles. The van der Waals surface area contributed by atoms with Crippen LogP contribution in [0.4, 0.5) is 14.5 Å². The van der Waals surface area contributed by atoms with Crippen LogP contribution in [0.2, 0.25) is 0 Å². The zero-order chi connectivity index (χ0) is 19.9. The molecule has 0 bridgehead atoms. The molecule has 0 aromatic heterocycles. The minimum atomic E-state index is -0.280. The quantitative estimate of drug-likeness (QED) is 0.438. The van der Waals surface area contributed by atoms with Crippen LogP contribution in [0, 0.1) is 11.6 Å². The van der Waals surface area contributed by atoms with Crippen molar-refractivity contribution in [1.82, 2.24) is 0 Å². The van der Waals surface area contributed by atoms with Gasteiger partial charge in [-0.3, -0.25) is 0 Å². The van der Waals surface area contributed by atoms with Gasteiger partial charge < -0.3 is 14.8 Å². The Balaban J connectivity index is 1.73. The van der Waals surface area contributed by atoms with E-state index in [1.54, 1.807) is 24.3 Å². The molecule has 0 unspecified atom stereocenters. The van der Waals surface area contributed by atoms with Gasteiger partial charge in [0.2, 0.25) is 0 Å². The van der Waals surface area contributed by atoms with Crippen LogP contribution < -0.4 is 14.8 Å². The fourth-order valence-electron chi connectivity index (χ4n) is 2.63. The number of rotatable bonds is 8. The van der Waals surface area contributed by atoms with Crippen LogP contribution in [0.1, 0.15) is 18.1 Å². The van der Waals surface area contributed by atoms with E-state index in [2.05, 4.69) is 21.2 Å². The van der Waals surface area contributed by atoms with Gasteiger partial charge in [0.1, 0.15) is 18.2 Å². The number of halogens is 3. The molecule has 3 aromatic carbocycles. The predicted molar refractivity (Wildman–Crippen MR) is 110 cm³/mol. The zero-order valence-electron chi connectivity index (χ0n) is 15.3. The summed E-state index contributed by atoms with van der Waals surface area (Å²) in [5.74, 6) is 0.666. The maximum atomic E-state index is 13.0. The molecule has 6 heteroatoms. The normalized spacial score (nSPS) is 10.6. The summed E-state index contributed by atoms with van der Waals surface area (Å²) in [6.45, 7) is 3.24. The number of ether oxygens (including phenoxy) is 2. The summed E-state index contributed by atoms with van der Waals surface area (Å²) >= 11 is 3.55. The van der Waals surface area contributed by atoms with Crippen molar-refractivity contribution in [2.45, 2.75) is 20.1 Å². The molecule has 0 fully saturated rings. The summed E-state index contributed by atoms with van der Waals surface area (Å²) in [6.07, 6.45) is 0. The van der Waals surface area contributed by atoms with E-state index >= 15 is 0 Å². The lowest BCUT2D eigenvalue weighted by atomic mass is 10.2. The van der Waals surface area contributed by atoms with Crippen molar-refractivity contribution in [3.8, 4) is 11.5 Å². The average molecular weight is 448 g/mol. The first-order valence-electron chi connectivity index (χ1n) is 8.87. The van der Waals surface area contributed by atoms with Gasteiger partial charge in [0.25, 0.3) is 0 Å². The van der Waals surface area contributed by atoms with E-state index < -0.39 is 0 Å². The van der Waals surface area contributed by atoms with E-state index in [1.165, 1.54) is 24.3 Å². The smallest absolute Gasteiger partial charge is 0.175 e. The van der Waals surface area contributed by atoms with E-state index in [0.29, 0.717) is 31.3 Å². The molecule has 1 N–H and O–H groups in total. The third kappa shape index (κ3) is 5.45. The third-order valence-corrected chi connectivity index (χ3v) is 4.60. The van der Waals surface area contributed by atoms with Crippen molar-refractivity contribution in [2.75, 3.05) is 11.9 Å². The first-order valence-corrected chi connectivity index (χ1v) is 9.66. The van der Waals surface area contributed by atoms with Crippen LogP contribution in [-0.2, 0) is 13.2 Å². The molecule has 0 aliphatic carbocycles. The summed E-state index contributed by atoms with van der Waals surface area (Å²) < 4.78 is 38.5. The highest BCUT2D eigenvalue weighted by Crippen LogP contribution is 2.37. The fraction of sp³-hybridized carbons (Fsp3) is 0.182. The number of hydrogen-bond donors (Lipinski definition) is 1. The maximum Gasteiger partial charge on any atom is 0.175 e. The third-order valence-electron chi connectivity index (χ3n) is 4.01. The molecule has 3 nitrogen and oxygen atoms in total. The van der Waals surface area contributed by atoms with Crippen molar-refractivity contribution in [3.63, 3.8) is 0 Å². The summed E-state index contributed by atoms with van der Waals surface area (Å²) in [6, 6.07) is 16.2. The SMILES string of the molecule is CCOc1cc(CNc2ccc(F)cc2)cc(Br)c1OCc1ccc(F)cc1. The van der Waals surface area contributed by atoms with Crippen molar-refractivity contribution < 1.29 is 18.3 Å². The topological polar surface area (TPSA) is 30.5 Å². The van der Waals surface area contributed by atoms with E-state index in [1.807, 2.05) is 19.1 Å². The average Bonchev–Trinajstić information content (AvgIpc) is 2.68. The van der Waals surface area contributed by atoms with Crippen LogP contribution in [0.3, 0.4) is 0 Å². The van der Waals surface area contributed by atoms with E-state index in [4.69, 9.17) is 9.47 Å². The van der Waals surface area contributed by atoms with Crippen molar-refractivity contribution in [1.29, 1.82) is 0 Å². The Kier molecular flexibility index (Phi) is 6.87. The van der Waals surface area contributed by atoms with Gasteiger partial charge in [-0.1, -0.05) is 12.1 Å². The number of anilines is 1. The minimum absolute atomic E-state index is 0.269. The number of hydrogen-bond acceptors (Lipinski definition) is 3. The van der Waals surface area contributed by atoms with E-state index in [0.717, 1.165) is 21.3 Å². The van der Waals surface area contributed by atoms with Crippen molar-refractivity contribution >= 4 is 21.6 Å². The molecule has 0 saturated carbocycles.